The van der Waals surface area contributed by atoms with Gasteiger partial charge in [-0.3, -0.25) is 9.59 Å². The van der Waals surface area contributed by atoms with Gasteiger partial charge in [0.05, 0.1) is 0 Å². The van der Waals surface area contributed by atoms with Crippen LogP contribution in [-0.2, 0) is 4.79 Å². The Morgan fingerprint density at radius 2 is 1.44 bits per heavy atom. The van der Waals surface area contributed by atoms with Gasteiger partial charge >= 0.3 is 0 Å². The zero-order valence-electron chi connectivity index (χ0n) is 16.6. The molecule has 2 amide bonds. The maximum Gasteiger partial charge on any atom is 0.255 e. The molecule has 2 aromatic rings. The van der Waals surface area contributed by atoms with Crippen molar-refractivity contribution in [3.63, 3.8) is 0 Å². The summed E-state index contributed by atoms with van der Waals surface area (Å²) in [5.41, 5.74) is 3.14. The van der Waals surface area contributed by atoms with Crippen molar-refractivity contribution in [1.29, 1.82) is 0 Å². The number of hydrogen-bond acceptors (Lipinski definition) is 3. The molecule has 0 aliphatic carbocycles. The number of nitrogens with zero attached hydrogens (tertiary/aromatic N) is 1. The fourth-order valence-corrected chi connectivity index (χ4v) is 2.69. The third kappa shape index (κ3) is 5.84. The minimum Gasteiger partial charge on any atom is -0.372 e. The maximum atomic E-state index is 12.4. The summed E-state index contributed by atoms with van der Waals surface area (Å²) in [6.45, 7) is 9.92. The SMILES string of the molecule is CCCN(CC)c1ccc(C(=O)Nc2ccc(NC(=O)C(C)C)cc2)cc1. The van der Waals surface area contributed by atoms with E-state index in [4.69, 9.17) is 0 Å². The highest BCUT2D eigenvalue weighted by Gasteiger charge is 2.09. The summed E-state index contributed by atoms with van der Waals surface area (Å²) >= 11 is 0. The van der Waals surface area contributed by atoms with Crippen molar-refractivity contribution >= 4 is 28.9 Å². The molecular formula is C22H29N3O2. The van der Waals surface area contributed by atoms with Crippen molar-refractivity contribution < 1.29 is 9.59 Å². The molecule has 0 spiro atoms. The molecule has 0 fully saturated rings. The van der Waals surface area contributed by atoms with Gasteiger partial charge in [-0.05, 0) is 61.9 Å². The Balaban J connectivity index is 1.99. The van der Waals surface area contributed by atoms with Crippen molar-refractivity contribution in [2.75, 3.05) is 28.6 Å². The molecule has 2 N–H and O–H groups in total. The summed E-state index contributed by atoms with van der Waals surface area (Å²) in [7, 11) is 0. The molecule has 5 heteroatoms. The van der Waals surface area contributed by atoms with E-state index >= 15 is 0 Å². The van der Waals surface area contributed by atoms with Crippen LogP contribution in [0.15, 0.2) is 48.5 Å². The van der Waals surface area contributed by atoms with Crippen LogP contribution in [0.25, 0.3) is 0 Å². The molecule has 0 atom stereocenters. The molecular weight excluding hydrogens is 338 g/mol. The van der Waals surface area contributed by atoms with Gasteiger partial charge < -0.3 is 15.5 Å². The summed E-state index contributed by atoms with van der Waals surface area (Å²) in [4.78, 5) is 26.4. The second-order valence-electron chi connectivity index (χ2n) is 6.80. The van der Waals surface area contributed by atoms with E-state index in [-0.39, 0.29) is 17.7 Å². The lowest BCUT2D eigenvalue weighted by atomic mass is 10.1. The number of carbonyl (C=O) groups excluding carboxylic acids is 2. The minimum absolute atomic E-state index is 0.0314. The van der Waals surface area contributed by atoms with Crippen LogP contribution in [0.3, 0.4) is 0 Å². The van der Waals surface area contributed by atoms with E-state index in [9.17, 15) is 9.59 Å². The van der Waals surface area contributed by atoms with Crippen LogP contribution in [0, 0.1) is 5.92 Å². The summed E-state index contributed by atoms with van der Waals surface area (Å²) in [5.74, 6) is -0.261. The van der Waals surface area contributed by atoms with E-state index < -0.39 is 0 Å². The normalized spacial score (nSPS) is 10.6. The van der Waals surface area contributed by atoms with E-state index in [1.165, 1.54) is 0 Å². The molecule has 2 rings (SSSR count). The zero-order valence-corrected chi connectivity index (χ0v) is 16.6. The molecule has 27 heavy (non-hydrogen) atoms. The monoisotopic (exact) mass is 367 g/mol. The Labute approximate surface area is 161 Å². The Morgan fingerprint density at radius 1 is 0.889 bits per heavy atom. The van der Waals surface area contributed by atoms with Crippen molar-refractivity contribution in [2.45, 2.75) is 34.1 Å². The van der Waals surface area contributed by atoms with Crippen molar-refractivity contribution in [1.82, 2.24) is 0 Å². The minimum atomic E-state index is -0.154. The van der Waals surface area contributed by atoms with Gasteiger partial charge in [0.15, 0.2) is 0 Å². The summed E-state index contributed by atoms with van der Waals surface area (Å²) in [6.07, 6.45) is 1.09. The lowest BCUT2D eigenvalue weighted by Gasteiger charge is -2.22. The number of nitrogens with one attached hydrogen (secondary N) is 2. The molecule has 0 heterocycles. The lowest BCUT2D eigenvalue weighted by molar-refractivity contribution is -0.118. The molecule has 0 saturated carbocycles. The predicted octanol–water partition coefficient (Wildman–Crippen LogP) is 4.77. The van der Waals surface area contributed by atoms with Crippen LogP contribution in [0.1, 0.15) is 44.5 Å². The molecule has 0 bridgehead atoms. The molecule has 144 valence electrons. The number of anilines is 3. The molecule has 0 unspecified atom stereocenters. The molecule has 0 aliphatic heterocycles. The average molecular weight is 367 g/mol. The zero-order chi connectivity index (χ0) is 19.8. The van der Waals surface area contributed by atoms with Gasteiger partial charge in [0, 0.05) is 41.6 Å². The van der Waals surface area contributed by atoms with E-state index in [0.717, 1.165) is 25.2 Å². The van der Waals surface area contributed by atoms with E-state index in [2.05, 4.69) is 29.4 Å². The third-order valence-corrected chi connectivity index (χ3v) is 4.30. The largest absolute Gasteiger partial charge is 0.372 e. The van der Waals surface area contributed by atoms with Gasteiger partial charge in [-0.2, -0.15) is 0 Å². The predicted molar refractivity (Wildman–Crippen MR) is 112 cm³/mol. The fourth-order valence-electron chi connectivity index (χ4n) is 2.69. The molecule has 2 aromatic carbocycles. The number of amides is 2. The van der Waals surface area contributed by atoms with Gasteiger partial charge in [-0.25, -0.2) is 0 Å². The van der Waals surface area contributed by atoms with Crippen molar-refractivity contribution in [2.24, 2.45) is 5.92 Å². The highest BCUT2D eigenvalue weighted by Crippen LogP contribution is 2.18. The first kappa shape index (κ1) is 20.5. The van der Waals surface area contributed by atoms with Crippen LogP contribution >= 0.6 is 0 Å². The first-order chi connectivity index (χ1) is 12.9. The van der Waals surface area contributed by atoms with E-state index in [0.29, 0.717) is 16.9 Å². The summed E-state index contributed by atoms with van der Waals surface area (Å²) < 4.78 is 0. The van der Waals surface area contributed by atoms with Crippen LogP contribution < -0.4 is 15.5 Å². The summed E-state index contributed by atoms with van der Waals surface area (Å²) in [5, 5.41) is 5.71. The maximum absolute atomic E-state index is 12.4. The number of carbonyl (C=O) groups is 2. The molecule has 0 radical (unpaired) electrons. The van der Waals surface area contributed by atoms with Crippen LogP contribution in [-0.4, -0.2) is 24.9 Å². The average Bonchev–Trinajstić information content (AvgIpc) is 2.67. The van der Waals surface area contributed by atoms with Crippen molar-refractivity contribution in [3.8, 4) is 0 Å². The van der Waals surface area contributed by atoms with Gasteiger partial charge in [0.25, 0.3) is 5.91 Å². The molecule has 0 saturated heterocycles. The van der Waals surface area contributed by atoms with Gasteiger partial charge in [-0.1, -0.05) is 20.8 Å². The van der Waals surface area contributed by atoms with Gasteiger partial charge in [-0.15, -0.1) is 0 Å². The summed E-state index contributed by atoms with van der Waals surface area (Å²) in [6, 6.07) is 14.8. The van der Waals surface area contributed by atoms with E-state index in [1.54, 1.807) is 24.3 Å². The Bertz CT molecular complexity index is 752. The van der Waals surface area contributed by atoms with Crippen LogP contribution in [0.2, 0.25) is 0 Å². The lowest BCUT2D eigenvalue weighted by Crippen LogP contribution is -2.23. The Hall–Kier alpha value is -2.82. The Morgan fingerprint density at radius 3 is 1.93 bits per heavy atom. The van der Waals surface area contributed by atoms with E-state index in [1.807, 2.05) is 38.1 Å². The highest BCUT2D eigenvalue weighted by atomic mass is 16.2. The van der Waals surface area contributed by atoms with Gasteiger partial charge in [0.2, 0.25) is 5.91 Å². The van der Waals surface area contributed by atoms with Crippen LogP contribution in [0.4, 0.5) is 17.1 Å². The molecule has 0 aliphatic rings. The van der Waals surface area contributed by atoms with Gasteiger partial charge in [0.1, 0.15) is 0 Å². The fraction of sp³-hybridized carbons (Fsp3) is 0.364. The highest BCUT2D eigenvalue weighted by molar-refractivity contribution is 6.04. The standard InChI is InChI=1S/C22H29N3O2/c1-5-15-25(6-2)20-13-7-17(8-14-20)22(27)24-19-11-9-18(10-12-19)23-21(26)16(3)4/h7-14,16H,5-6,15H2,1-4H3,(H,23,26)(H,24,27). The first-order valence-electron chi connectivity index (χ1n) is 9.51. The third-order valence-electron chi connectivity index (χ3n) is 4.30. The second kappa shape index (κ2) is 9.76. The quantitative estimate of drug-likeness (QED) is 0.706. The molecule has 0 aromatic heterocycles. The number of benzene rings is 2. The Kier molecular flexibility index (Phi) is 7.41. The molecule has 5 nitrogen and oxygen atoms in total. The van der Waals surface area contributed by atoms with Crippen LogP contribution in [0.5, 0.6) is 0 Å². The number of rotatable bonds is 8. The second-order valence-corrected chi connectivity index (χ2v) is 6.80. The topological polar surface area (TPSA) is 61.4 Å². The smallest absolute Gasteiger partial charge is 0.255 e. The first-order valence-corrected chi connectivity index (χ1v) is 9.51. The van der Waals surface area contributed by atoms with Crippen molar-refractivity contribution in [3.05, 3.63) is 54.1 Å². The number of hydrogen-bond donors (Lipinski definition) is 2.